The Balaban J connectivity index is 1.54. The highest BCUT2D eigenvalue weighted by Gasteiger charge is 2.21. The van der Waals surface area contributed by atoms with Crippen molar-refractivity contribution in [2.75, 3.05) is 55.7 Å². The van der Waals surface area contributed by atoms with Gasteiger partial charge in [0, 0.05) is 39.3 Å². The first-order valence-electron chi connectivity index (χ1n) is 8.76. The quantitative estimate of drug-likeness (QED) is 0.667. The van der Waals surface area contributed by atoms with Crippen molar-refractivity contribution < 1.29 is 0 Å². The number of anilines is 1. The van der Waals surface area contributed by atoms with Crippen LogP contribution in [0.25, 0.3) is 0 Å². The van der Waals surface area contributed by atoms with Crippen LogP contribution in [0.2, 0.25) is 0 Å². The molecule has 0 unspecified atom stereocenters. The SMILES string of the molecule is CCNC(=NCC1CCSCC1)N1CCN(c2cccs2)CC1. The average Bonchev–Trinajstić information content (AvgIpc) is 3.14. The molecule has 0 bridgehead atoms. The van der Waals surface area contributed by atoms with E-state index in [0.29, 0.717) is 0 Å². The van der Waals surface area contributed by atoms with E-state index in [-0.39, 0.29) is 0 Å². The lowest BCUT2D eigenvalue weighted by Crippen LogP contribution is -2.52. The van der Waals surface area contributed by atoms with Gasteiger partial charge in [0.25, 0.3) is 0 Å². The molecule has 2 aliphatic heterocycles. The summed E-state index contributed by atoms with van der Waals surface area (Å²) in [6.07, 6.45) is 2.67. The van der Waals surface area contributed by atoms with Crippen molar-refractivity contribution in [2.24, 2.45) is 10.9 Å². The highest BCUT2D eigenvalue weighted by atomic mass is 32.2. The minimum Gasteiger partial charge on any atom is -0.360 e. The normalized spacial score (nSPS) is 20.8. The molecule has 23 heavy (non-hydrogen) atoms. The second-order valence-electron chi connectivity index (χ2n) is 6.18. The van der Waals surface area contributed by atoms with Crippen molar-refractivity contribution in [1.29, 1.82) is 0 Å². The summed E-state index contributed by atoms with van der Waals surface area (Å²) < 4.78 is 0. The lowest BCUT2D eigenvalue weighted by atomic mass is 10.0. The van der Waals surface area contributed by atoms with Crippen molar-refractivity contribution in [3.63, 3.8) is 0 Å². The third-order valence-electron chi connectivity index (χ3n) is 4.57. The molecule has 0 atom stereocenters. The molecule has 1 aromatic rings. The fraction of sp³-hybridized carbons (Fsp3) is 0.706. The van der Waals surface area contributed by atoms with Crippen molar-refractivity contribution in [3.8, 4) is 0 Å². The Morgan fingerprint density at radius 3 is 2.70 bits per heavy atom. The minimum absolute atomic E-state index is 0.789. The molecule has 0 saturated carbocycles. The summed E-state index contributed by atoms with van der Waals surface area (Å²) in [6, 6.07) is 4.36. The largest absolute Gasteiger partial charge is 0.360 e. The van der Waals surface area contributed by atoms with Crippen molar-refractivity contribution in [3.05, 3.63) is 17.5 Å². The number of thioether (sulfide) groups is 1. The summed E-state index contributed by atoms with van der Waals surface area (Å²) >= 11 is 3.93. The lowest BCUT2D eigenvalue weighted by molar-refractivity contribution is 0.371. The molecule has 3 heterocycles. The van der Waals surface area contributed by atoms with Gasteiger partial charge in [-0.1, -0.05) is 0 Å². The fourth-order valence-electron chi connectivity index (χ4n) is 3.16. The molecular weight excluding hydrogens is 324 g/mol. The van der Waals surface area contributed by atoms with Crippen LogP contribution in [0.1, 0.15) is 19.8 Å². The number of guanidine groups is 1. The van der Waals surface area contributed by atoms with E-state index in [4.69, 9.17) is 4.99 Å². The van der Waals surface area contributed by atoms with Crippen LogP contribution in [0.3, 0.4) is 0 Å². The van der Waals surface area contributed by atoms with E-state index in [0.717, 1.165) is 51.1 Å². The molecule has 2 aliphatic rings. The zero-order valence-corrected chi connectivity index (χ0v) is 15.7. The van der Waals surface area contributed by atoms with Gasteiger partial charge in [0.05, 0.1) is 5.00 Å². The van der Waals surface area contributed by atoms with Crippen LogP contribution in [-0.2, 0) is 0 Å². The number of thiophene rings is 1. The molecule has 6 heteroatoms. The highest BCUT2D eigenvalue weighted by molar-refractivity contribution is 7.99. The zero-order chi connectivity index (χ0) is 15.9. The number of piperazine rings is 1. The summed E-state index contributed by atoms with van der Waals surface area (Å²) in [5.41, 5.74) is 0. The Hall–Kier alpha value is -0.880. The standard InChI is InChI=1S/C17H28N4S2/c1-2-18-17(19-14-15-5-12-22-13-6-15)21-9-7-20(8-10-21)16-4-3-11-23-16/h3-4,11,15H,2,5-10,12-14H2,1H3,(H,18,19). The molecule has 3 rings (SSSR count). The summed E-state index contributed by atoms with van der Waals surface area (Å²) in [5, 5.41) is 7.05. The Bertz CT molecular complexity index is 475. The molecule has 1 N–H and O–H groups in total. The number of aliphatic imine (C=N–C) groups is 1. The van der Waals surface area contributed by atoms with Gasteiger partial charge >= 0.3 is 0 Å². The van der Waals surface area contributed by atoms with E-state index in [1.807, 2.05) is 11.3 Å². The molecule has 1 aromatic heterocycles. The van der Waals surface area contributed by atoms with Crippen LogP contribution in [0.4, 0.5) is 5.00 Å². The van der Waals surface area contributed by atoms with E-state index in [9.17, 15) is 0 Å². The van der Waals surface area contributed by atoms with E-state index in [1.54, 1.807) is 0 Å². The van der Waals surface area contributed by atoms with E-state index >= 15 is 0 Å². The van der Waals surface area contributed by atoms with Crippen LogP contribution >= 0.6 is 23.1 Å². The number of rotatable bonds is 4. The lowest BCUT2D eigenvalue weighted by Gasteiger charge is -2.37. The predicted octanol–water partition coefficient (Wildman–Crippen LogP) is 2.98. The maximum absolute atomic E-state index is 4.95. The van der Waals surface area contributed by atoms with Crippen molar-refractivity contribution >= 4 is 34.1 Å². The fourth-order valence-corrected chi connectivity index (χ4v) is 5.15. The van der Waals surface area contributed by atoms with Gasteiger partial charge < -0.3 is 15.1 Å². The first-order valence-corrected chi connectivity index (χ1v) is 10.8. The van der Waals surface area contributed by atoms with E-state index in [1.165, 1.54) is 29.3 Å². The third kappa shape index (κ3) is 4.80. The Kier molecular flexibility index (Phi) is 6.51. The molecule has 0 spiro atoms. The second kappa shape index (κ2) is 8.83. The van der Waals surface area contributed by atoms with Crippen LogP contribution in [0.5, 0.6) is 0 Å². The maximum Gasteiger partial charge on any atom is 0.194 e. The molecule has 0 radical (unpaired) electrons. The number of nitrogens with zero attached hydrogens (tertiary/aromatic N) is 3. The summed E-state index contributed by atoms with van der Waals surface area (Å²) in [6.45, 7) is 8.40. The van der Waals surface area contributed by atoms with E-state index in [2.05, 4.69) is 51.3 Å². The van der Waals surface area contributed by atoms with Crippen LogP contribution < -0.4 is 10.2 Å². The van der Waals surface area contributed by atoms with Crippen LogP contribution in [-0.4, -0.2) is 61.6 Å². The van der Waals surface area contributed by atoms with Gasteiger partial charge in [0.1, 0.15) is 0 Å². The van der Waals surface area contributed by atoms with E-state index < -0.39 is 0 Å². The predicted molar refractivity (Wildman–Crippen MR) is 104 cm³/mol. The summed E-state index contributed by atoms with van der Waals surface area (Å²) in [4.78, 5) is 9.88. The van der Waals surface area contributed by atoms with Crippen molar-refractivity contribution in [2.45, 2.75) is 19.8 Å². The highest BCUT2D eigenvalue weighted by Crippen LogP contribution is 2.24. The smallest absolute Gasteiger partial charge is 0.194 e. The van der Waals surface area contributed by atoms with Gasteiger partial charge in [-0.05, 0) is 54.7 Å². The van der Waals surface area contributed by atoms with Gasteiger partial charge in [-0.15, -0.1) is 11.3 Å². The maximum atomic E-state index is 4.95. The average molecular weight is 353 g/mol. The van der Waals surface area contributed by atoms with Gasteiger partial charge in [-0.25, -0.2) is 0 Å². The van der Waals surface area contributed by atoms with Gasteiger partial charge in [0.15, 0.2) is 5.96 Å². The summed E-state index contributed by atoms with van der Waals surface area (Å²) in [5.74, 6) is 4.54. The molecular formula is C17H28N4S2. The minimum atomic E-state index is 0.789. The first-order chi connectivity index (χ1) is 11.4. The molecule has 0 aliphatic carbocycles. The second-order valence-corrected chi connectivity index (χ2v) is 8.33. The molecule has 0 aromatic carbocycles. The number of hydrogen-bond acceptors (Lipinski definition) is 4. The number of nitrogens with one attached hydrogen (secondary N) is 1. The van der Waals surface area contributed by atoms with Crippen LogP contribution in [0, 0.1) is 5.92 Å². The Morgan fingerprint density at radius 2 is 2.04 bits per heavy atom. The van der Waals surface area contributed by atoms with Crippen LogP contribution in [0.15, 0.2) is 22.5 Å². The molecule has 2 saturated heterocycles. The Morgan fingerprint density at radius 1 is 1.26 bits per heavy atom. The topological polar surface area (TPSA) is 30.9 Å². The van der Waals surface area contributed by atoms with Gasteiger partial charge in [0.2, 0.25) is 0 Å². The van der Waals surface area contributed by atoms with Crippen molar-refractivity contribution in [1.82, 2.24) is 10.2 Å². The monoisotopic (exact) mass is 352 g/mol. The van der Waals surface area contributed by atoms with Gasteiger partial charge in [-0.2, -0.15) is 11.8 Å². The first kappa shape index (κ1) is 17.0. The van der Waals surface area contributed by atoms with Gasteiger partial charge in [-0.3, -0.25) is 4.99 Å². The Labute approximate surface area is 148 Å². The third-order valence-corrected chi connectivity index (χ3v) is 6.55. The zero-order valence-electron chi connectivity index (χ0n) is 14.0. The number of hydrogen-bond donors (Lipinski definition) is 1. The molecule has 2 fully saturated rings. The molecule has 0 amide bonds. The molecule has 128 valence electrons. The summed E-state index contributed by atoms with van der Waals surface area (Å²) in [7, 11) is 0. The molecule has 4 nitrogen and oxygen atoms in total.